The van der Waals surface area contributed by atoms with Gasteiger partial charge in [0, 0.05) is 25.3 Å². The van der Waals surface area contributed by atoms with Crippen molar-refractivity contribution in [3.05, 3.63) is 22.8 Å². The standard InChI is InChI=1S/C13H22ClN5O/c1-4-9(2)19(3)6-5-16-13(20)10-7-11(14)12(18-15)17-8-10/h7-9H,4-6,15H2,1-3H3,(H,16,20)(H,17,18). The Hall–Kier alpha value is -1.37. The normalized spacial score (nSPS) is 12.3. The number of rotatable bonds is 7. The number of likely N-dealkylation sites (N-methyl/N-ethyl adjacent to an activating group) is 1. The molecule has 0 bridgehead atoms. The summed E-state index contributed by atoms with van der Waals surface area (Å²) in [4.78, 5) is 18.1. The van der Waals surface area contributed by atoms with Crippen LogP contribution in [0, 0.1) is 0 Å². The van der Waals surface area contributed by atoms with Gasteiger partial charge in [-0.05, 0) is 26.5 Å². The number of nitrogens with two attached hydrogens (primary N) is 1. The molecule has 112 valence electrons. The van der Waals surface area contributed by atoms with Gasteiger partial charge in [0.05, 0.1) is 10.6 Å². The number of carbonyl (C=O) groups excluding carboxylic acids is 1. The zero-order valence-corrected chi connectivity index (χ0v) is 12.9. The average molecular weight is 300 g/mol. The minimum absolute atomic E-state index is 0.194. The lowest BCUT2D eigenvalue weighted by Crippen LogP contribution is -2.37. The van der Waals surface area contributed by atoms with E-state index < -0.39 is 0 Å². The molecule has 0 radical (unpaired) electrons. The summed E-state index contributed by atoms with van der Waals surface area (Å²) in [7, 11) is 2.04. The molecule has 7 heteroatoms. The van der Waals surface area contributed by atoms with Gasteiger partial charge >= 0.3 is 0 Å². The van der Waals surface area contributed by atoms with E-state index in [1.54, 1.807) is 0 Å². The van der Waals surface area contributed by atoms with Gasteiger partial charge in [0.1, 0.15) is 0 Å². The molecule has 20 heavy (non-hydrogen) atoms. The van der Waals surface area contributed by atoms with Crippen molar-refractivity contribution in [2.24, 2.45) is 5.84 Å². The molecule has 0 aromatic carbocycles. The Labute approximate surface area is 124 Å². The summed E-state index contributed by atoms with van der Waals surface area (Å²) >= 11 is 5.93. The van der Waals surface area contributed by atoms with Gasteiger partial charge in [-0.3, -0.25) is 4.79 Å². The van der Waals surface area contributed by atoms with Gasteiger partial charge < -0.3 is 15.6 Å². The monoisotopic (exact) mass is 299 g/mol. The zero-order chi connectivity index (χ0) is 15.1. The number of hydrogen-bond acceptors (Lipinski definition) is 5. The maximum absolute atomic E-state index is 11.9. The second kappa shape index (κ2) is 8.04. The molecule has 0 aliphatic rings. The number of hydrogen-bond donors (Lipinski definition) is 3. The van der Waals surface area contributed by atoms with E-state index in [0.29, 0.717) is 29.0 Å². The quantitative estimate of drug-likeness (QED) is 0.525. The van der Waals surface area contributed by atoms with Crippen LogP contribution in [0.25, 0.3) is 0 Å². The molecule has 0 saturated heterocycles. The number of pyridine rings is 1. The van der Waals surface area contributed by atoms with E-state index in [0.717, 1.165) is 13.0 Å². The fourth-order valence-corrected chi connectivity index (χ4v) is 1.87. The Bertz CT molecular complexity index is 454. The van der Waals surface area contributed by atoms with E-state index in [4.69, 9.17) is 17.4 Å². The van der Waals surface area contributed by atoms with Gasteiger partial charge in [-0.25, -0.2) is 10.8 Å². The smallest absolute Gasteiger partial charge is 0.252 e. The first-order valence-electron chi connectivity index (χ1n) is 6.60. The summed E-state index contributed by atoms with van der Waals surface area (Å²) in [5.74, 6) is 5.38. The number of halogens is 1. The molecular formula is C13H22ClN5O. The van der Waals surface area contributed by atoms with Crippen molar-refractivity contribution in [1.82, 2.24) is 15.2 Å². The van der Waals surface area contributed by atoms with Gasteiger partial charge in [0.25, 0.3) is 5.91 Å². The average Bonchev–Trinajstić information content (AvgIpc) is 2.45. The Morgan fingerprint density at radius 2 is 2.30 bits per heavy atom. The Morgan fingerprint density at radius 1 is 1.60 bits per heavy atom. The van der Waals surface area contributed by atoms with E-state index in [9.17, 15) is 4.79 Å². The fourth-order valence-electron chi connectivity index (χ4n) is 1.65. The third-order valence-corrected chi connectivity index (χ3v) is 3.62. The highest BCUT2D eigenvalue weighted by Crippen LogP contribution is 2.18. The van der Waals surface area contributed by atoms with Crippen LogP contribution in [0.15, 0.2) is 12.3 Å². The third kappa shape index (κ3) is 4.63. The Kier molecular flexibility index (Phi) is 6.70. The zero-order valence-electron chi connectivity index (χ0n) is 12.1. The molecule has 1 unspecified atom stereocenters. The van der Waals surface area contributed by atoms with Crippen LogP contribution in [0.3, 0.4) is 0 Å². The molecule has 1 heterocycles. The van der Waals surface area contributed by atoms with Gasteiger partial charge in [-0.15, -0.1) is 0 Å². The van der Waals surface area contributed by atoms with Crippen LogP contribution in [0.5, 0.6) is 0 Å². The number of amides is 1. The maximum atomic E-state index is 11.9. The first-order valence-corrected chi connectivity index (χ1v) is 6.98. The number of anilines is 1. The molecule has 0 spiro atoms. The second-order valence-corrected chi connectivity index (χ2v) is 5.10. The number of aromatic nitrogens is 1. The number of nitrogens with zero attached hydrogens (tertiary/aromatic N) is 2. The van der Waals surface area contributed by atoms with Gasteiger partial charge in [-0.2, -0.15) is 0 Å². The molecule has 1 aromatic heterocycles. The minimum Gasteiger partial charge on any atom is -0.351 e. The summed E-state index contributed by atoms with van der Waals surface area (Å²) < 4.78 is 0. The Morgan fingerprint density at radius 3 is 2.85 bits per heavy atom. The van der Waals surface area contributed by atoms with Crippen molar-refractivity contribution in [2.45, 2.75) is 26.3 Å². The molecule has 0 saturated carbocycles. The van der Waals surface area contributed by atoms with E-state index in [2.05, 4.69) is 34.5 Å². The number of hydrazine groups is 1. The molecular weight excluding hydrogens is 278 g/mol. The van der Waals surface area contributed by atoms with Crippen molar-refractivity contribution in [3.8, 4) is 0 Å². The molecule has 4 N–H and O–H groups in total. The van der Waals surface area contributed by atoms with Crippen LogP contribution < -0.4 is 16.6 Å². The van der Waals surface area contributed by atoms with Crippen LogP contribution in [0.1, 0.15) is 30.6 Å². The van der Waals surface area contributed by atoms with Gasteiger partial charge in [0.2, 0.25) is 0 Å². The number of carbonyl (C=O) groups is 1. The van der Waals surface area contributed by atoms with Crippen LogP contribution in [-0.2, 0) is 0 Å². The Balaban J connectivity index is 2.49. The lowest BCUT2D eigenvalue weighted by molar-refractivity contribution is 0.0947. The van der Waals surface area contributed by atoms with Crippen LogP contribution in [0.4, 0.5) is 5.82 Å². The number of nitrogens with one attached hydrogen (secondary N) is 2. The molecule has 6 nitrogen and oxygen atoms in total. The largest absolute Gasteiger partial charge is 0.351 e. The summed E-state index contributed by atoms with van der Waals surface area (Å²) in [6, 6.07) is 2.04. The van der Waals surface area contributed by atoms with Crippen LogP contribution >= 0.6 is 11.6 Å². The van der Waals surface area contributed by atoms with E-state index in [-0.39, 0.29) is 5.91 Å². The van der Waals surface area contributed by atoms with Crippen LogP contribution in [0.2, 0.25) is 5.02 Å². The van der Waals surface area contributed by atoms with Gasteiger partial charge in [-0.1, -0.05) is 18.5 Å². The highest BCUT2D eigenvalue weighted by molar-refractivity contribution is 6.33. The van der Waals surface area contributed by atoms with Crippen molar-refractivity contribution >= 4 is 23.3 Å². The molecule has 0 aliphatic heterocycles. The highest BCUT2D eigenvalue weighted by atomic mass is 35.5. The summed E-state index contributed by atoms with van der Waals surface area (Å²) in [6.07, 6.45) is 2.52. The summed E-state index contributed by atoms with van der Waals surface area (Å²) in [5.41, 5.74) is 2.77. The number of nitrogen functional groups attached to an aromatic ring is 1. The summed E-state index contributed by atoms with van der Waals surface area (Å²) in [5, 5.41) is 3.16. The molecule has 1 atom stereocenters. The minimum atomic E-state index is -0.194. The van der Waals surface area contributed by atoms with Crippen molar-refractivity contribution in [1.29, 1.82) is 0 Å². The van der Waals surface area contributed by atoms with Gasteiger partial charge in [0.15, 0.2) is 5.82 Å². The third-order valence-electron chi connectivity index (χ3n) is 3.33. The van der Waals surface area contributed by atoms with Crippen molar-refractivity contribution < 1.29 is 4.79 Å². The first-order chi connectivity index (χ1) is 9.49. The van der Waals surface area contributed by atoms with E-state index in [1.165, 1.54) is 12.3 Å². The van der Waals surface area contributed by atoms with E-state index >= 15 is 0 Å². The topological polar surface area (TPSA) is 83.3 Å². The van der Waals surface area contributed by atoms with Crippen molar-refractivity contribution in [3.63, 3.8) is 0 Å². The highest BCUT2D eigenvalue weighted by Gasteiger charge is 2.10. The van der Waals surface area contributed by atoms with Crippen molar-refractivity contribution in [2.75, 3.05) is 25.6 Å². The second-order valence-electron chi connectivity index (χ2n) is 4.69. The predicted molar refractivity (Wildman–Crippen MR) is 81.8 cm³/mol. The molecule has 0 aliphatic carbocycles. The molecule has 1 amide bonds. The van der Waals surface area contributed by atoms with Crippen LogP contribution in [-0.4, -0.2) is 42.0 Å². The van der Waals surface area contributed by atoms with E-state index in [1.807, 2.05) is 7.05 Å². The summed E-state index contributed by atoms with van der Waals surface area (Å²) in [6.45, 7) is 5.67. The first kappa shape index (κ1) is 16.7. The molecule has 1 aromatic rings. The predicted octanol–water partition coefficient (Wildman–Crippen LogP) is 1.48. The molecule has 1 rings (SSSR count). The SMILES string of the molecule is CCC(C)N(C)CCNC(=O)c1cnc(NN)c(Cl)c1. The lowest BCUT2D eigenvalue weighted by Gasteiger charge is -2.23. The fraction of sp³-hybridized carbons (Fsp3) is 0.538. The lowest BCUT2D eigenvalue weighted by atomic mass is 10.2. The maximum Gasteiger partial charge on any atom is 0.252 e. The molecule has 0 fully saturated rings.